The zero-order chi connectivity index (χ0) is 22.4. The summed E-state index contributed by atoms with van der Waals surface area (Å²) < 4.78 is 0. The molecule has 1 aliphatic heterocycles. The van der Waals surface area contributed by atoms with Gasteiger partial charge in [-0.1, -0.05) is 42.5 Å². The predicted octanol–water partition coefficient (Wildman–Crippen LogP) is 3.25. The molecule has 5 rings (SSSR count). The van der Waals surface area contributed by atoms with E-state index in [2.05, 4.69) is 5.32 Å². The highest BCUT2D eigenvalue weighted by Gasteiger charge is 2.61. The second-order valence-corrected chi connectivity index (χ2v) is 8.87. The third-order valence-corrected chi connectivity index (χ3v) is 6.95. The van der Waals surface area contributed by atoms with E-state index >= 15 is 0 Å². The molecule has 2 aromatic rings. The lowest BCUT2D eigenvalue weighted by Gasteiger charge is -2.27. The largest absolute Gasteiger partial charge is 0.324 e. The molecule has 1 saturated heterocycles. The van der Waals surface area contributed by atoms with Gasteiger partial charge in [-0.2, -0.15) is 0 Å². The summed E-state index contributed by atoms with van der Waals surface area (Å²) in [5.41, 5.74) is 1.93. The number of fused-ring (bicyclic) bond motifs is 5. The van der Waals surface area contributed by atoms with Crippen LogP contribution in [0.2, 0.25) is 0 Å². The van der Waals surface area contributed by atoms with Crippen LogP contribution in [0, 0.1) is 23.7 Å². The summed E-state index contributed by atoms with van der Waals surface area (Å²) in [6, 6.07) is 15.1. The van der Waals surface area contributed by atoms with E-state index in [1.54, 1.807) is 24.3 Å². The number of ketones is 1. The zero-order valence-corrected chi connectivity index (χ0v) is 17.7. The fourth-order valence-electron chi connectivity index (χ4n) is 5.38. The molecule has 2 aromatic carbocycles. The van der Waals surface area contributed by atoms with Crippen LogP contribution in [-0.4, -0.2) is 34.4 Å². The number of benzene rings is 2. The summed E-state index contributed by atoms with van der Waals surface area (Å²) in [4.78, 5) is 52.8. The van der Waals surface area contributed by atoms with Gasteiger partial charge < -0.3 is 5.32 Å². The number of allylic oxidation sites excluding steroid dienone is 2. The zero-order valence-electron chi connectivity index (χ0n) is 17.7. The van der Waals surface area contributed by atoms with Gasteiger partial charge in [0.2, 0.25) is 17.7 Å². The molecule has 5 atom stereocenters. The first kappa shape index (κ1) is 20.4. The van der Waals surface area contributed by atoms with E-state index in [1.165, 1.54) is 11.8 Å². The molecule has 1 saturated carbocycles. The van der Waals surface area contributed by atoms with Crippen LogP contribution in [-0.2, 0) is 20.8 Å². The SMILES string of the molecule is CC(=O)c1ccc(NC(=O)[C@@H](Cc2ccccc2)N2C(=O)[C@@H]3[C@H](C2=O)[C@H]2C=C[C@H]3C2)cc1. The normalized spacial score (nSPS) is 26.3. The Morgan fingerprint density at radius 1 is 0.938 bits per heavy atom. The van der Waals surface area contributed by atoms with E-state index in [4.69, 9.17) is 0 Å². The van der Waals surface area contributed by atoms with Crippen molar-refractivity contribution in [1.82, 2.24) is 4.90 Å². The van der Waals surface area contributed by atoms with Gasteiger partial charge in [0.05, 0.1) is 11.8 Å². The Kier molecular flexibility index (Phi) is 5.00. The fourth-order valence-corrected chi connectivity index (χ4v) is 5.38. The third-order valence-electron chi connectivity index (χ3n) is 6.95. The molecule has 0 unspecified atom stereocenters. The molecule has 1 N–H and O–H groups in total. The second-order valence-electron chi connectivity index (χ2n) is 8.87. The van der Waals surface area contributed by atoms with Crippen molar-refractivity contribution in [3.8, 4) is 0 Å². The van der Waals surface area contributed by atoms with Crippen molar-refractivity contribution in [1.29, 1.82) is 0 Å². The lowest BCUT2D eigenvalue weighted by molar-refractivity contribution is -0.147. The number of imide groups is 1. The van der Waals surface area contributed by atoms with E-state index in [9.17, 15) is 19.2 Å². The van der Waals surface area contributed by atoms with Gasteiger partial charge in [-0.15, -0.1) is 0 Å². The predicted molar refractivity (Wildman–Crippen MR) is 119 cm³/mol. The molecule has 1 heterocycles. The molecule has 2 aliphatic carbocycles. The lowest BCUT2D eigenvalue weighted by atomic mass is 9.85. The quantitative estimate of drug-likeness (QED) is 0.435. The average Bonchev–Trinajstić information content (AvgIpc) is 3.47. The highest BCUT2D eigenvalue weighted by molar-refractivity contribution is 6.11. The van der Waals surface area contributed by atoms with E-state index in [0.29, 0.717) is 11.3 Å². The van der Waals surface area contributed by atoms with Gasteiger partial charge >= 0.3 is 0 Å². The van der Waals surface area contributed by atoms with Crippen LogP contribution in [0.1, 0.15) is 29.3 Å². The van der Waals surface area contributed by atoms with Gasteiger partial charge in [0.1, 0.15) is 6.04 Å². The van der Waals surface area contributed by atoms with Crippen molar-refractivity contribution in [3.05, 3.63) is 77.9 Å². The van der Waals surface area contributed by atoms with Gasteiger partial charge in [0, 0.05) is 17.7 Å². The summed E-state index contributed by atoms with van der Waals surface area (Å²) in [6.07, 6.45) is 5.18. The van der Waals surface area contributed by atoms with Crippen LogP contribution >= 0.6 is 0 Å². The Labute approximate surface area is 186 Å². The maximum atomic E-state index is 13.4. The number of carbonyl (C=O) groups is 4. The Hall–Kier alpha value is -3.54. The molecule has 0 radical (unpaired) electrons. The first-order chi connectivity index (χ1) is 15.4. The van der Waals surface area contributed by atoms with Crippen molar-refractivity contribution in [2.75, 3.05) is 5.32 Å². The van der Waals surface area contributed by atoms with Gasteiger partial charge in [-0.25, -0.2) is 0 Å². The van der Waals surface area contributed by atoms with Crippen molar-refractivity contribution in [2.45, 2.75) is 25.8 Å². The minimum absolute atomic E-state index is 0.0622. The number of rotatable bonds is 6. The Morgan fingerprint density at radius 3 is 2.09 bits per heavy atom. The van der Waals surface area contributed by atoms with Crippen LogP contribution in [0.15, 0.2) is 66.7 Å². The molecule has 162 valence electrons. The van der Waals surface area contributed by atoms with Crippen LogP contribution < -0.4 is 5.32 Å². The number of hydrogen-bond donors (Lipinski definition) is 1. The van der Waals surface area contributed by atoms with Crippen molar-refractivity contribution < 1.29 is 19.2 Å². The smallest absolute Gasteiger partial charge is 0.248 e. The Balaban J connectivity index is 1.43. The van der Waals surface area contributed by atoms with Crippen LogP contribution in [0.4, 0.5) is 5.69 Å². The number of Topliss-reactive ketones (excluding diaryl/α,β-unsaturated/α-hetero) is 1. The highest BCUT2D eigenvalue weighted by atomic mass is 16.2. The van der Waals surface area contributed by atoms with Crippen LogP contribution in [0.3, 0.4) is 0 Å². The molecule has 6 nitrogen and oxygen atoms in total. The summed E-state index contributed by atoms with van der Waals surface area (Å²) >= 11 is 0. The molecule has 0 spiro atoms. The highest BCUT2D eigenvalue weighted by Crippen LogP contribution is 2.53. The van der Waals surface area contributed by atoms with E-state index < -0.39 is 11.9 Å². The van der Waals surface area contributed by atoms with E-state index in [1.807, 2.05) is 42.5 Å². The molecule has 6 heteroatoms. The Morgan fingerprint density at radius 2 is 1.53 bits per heavy atom. The molecule has 32 heavy (non-hydrogen) atoms. The van der Waals surface area contributed by atoms with Gasteiger partial charge in [0.25, 0.3) is 0 Å². The minimum atomic E-state index is -0.935. The summed E-state index contributed by atoms with van der Waals surface area (Å²) in [5, 5.41) is 2.84. The minimum Gasteiger partial charge on any atom is -0.324 e. The second kappa shape index (κ2) is 7.86. The van der Waals surface area contributed by atoms with Crippen molar-refractivity contribution >= 4 is 29.2 Å². The number of nitrogens with zero attached hydrogens (tertiary/aromatic N) is 1. The molecule has 3 aliphatic rings. The third kappa shape index (κ3) is 3.36. The molecule has 2 fully saturated rings. The van der Waals surface area contributed by atoms with E-state index in [-0.39, 0.29) is 47.7 Å². The number of anilines is 1. The molecular formula is C26H24N2O4. The number of likely N-dealkylation sites (tertiary alicyclic amines) is 1. The van der Waals surface area contributed by atoms with Gasteiger partial charge in [-0.05, 0) is 55.0 Å². The summed E-state index contributed by atoms with van der Waals surface area (Å²) in [5.74, 6) is -1.46. The molecular weight excluding hydrogens is 404 g/mol. The van der Waals surface area contributed by atoms with E-state index in [0.717, 1.165) is 12.0 Å². The molecule has 2 bridgehead atoms. The van der Waals surface area contributed by atoms with Crippen molar-refractivity contribution in [2.24, 2.45) is 23.7 Å². The Bertz CT molecular complexity index is 1090. The number of amides is 3. The average molecular weight is 428 g/mol. The van der Waals surface area contributed by atoms with Gasteiger partial charge in [0.15, 0.2) is 5.78 Å². The maximum Gasteiger partial charge on any atom is 0.248 e. The summed E-state index contributed by atoms with van der Waals surface area (Å²) in [7, 11) is 0. The number of nitrogens with one attached hydrogen (secondary N) is 1. The summed E-state index contributed by atoms with van der Waals surface area (Å²) in [6.45, 7) is 1.48. The lowest BCUT2D eigenvalue weighted by Crippen LogP contribution is -2.49. The number of carbonyl (C=O) groups excluding carboxylic acids is 4. The van der Waals surface area contributed by atoms with Crippen molar-refractivity contribution in [3.63, 3.8) is 0 Å². The standard InChI is InChI=1S/C26H24N2O4/c1-15(29)17-9-11-20(12-10-17)27-24(30)21(13-16-5-3-2-4-6-16)28-25(31)22-18-7-8-19(14-18)23(22)26(28)32/h2-12,18-19,21-23H,13-14H2,1H3,(H,27,30)/t18-,19-,21+,22-,23+/m0/s1. The van der Waals surface area contributed by atoms with Gasteiger partial charge in [-0.3, -0.25) is 24.1 Å². The first-order valence-electron chi connectivity index (χ1n) is 10.9. The molecule has 0 aromatic heterocycles. The van der Waals surface area contributed by atoms with Crippen LogP contribution in [0.5, 0.6) is 0 Å². The fraction of sp³-hybridized carbons (Fsp3) is 0.308. The molecule has 3 amide bonds. The maximum absolute atomic E-state index is 13.4. The topological polar surface area (TPSA) is 83.6 Å². The monoisotopic (exact) mass is 428 g/mol. The number of hydrogen-bond acceptors (Lipinski definition) is 4. The first-order valence-corrected chi connectivity index (χ1v) is 10.9. The van der Waals surface area contributed by atoms with Crippen LogP contribution in [0.25, 0.3) is 0 Å².